The zero-order valence-corrected chi connectivity index (χ0v) is 11.8. The maximum absolute atomic E-state index is 11.7. The minimum Gasteiger partial charge on any atom is -0.480 e. The van der Waals surface area contributed by atoms with Crippen LogP contribution in [0.15, 0.2) is 24.3 Å². The normalized spacial score (nSPS) is 13.6. The third-order valence-electron chi connectivity index (χ3n) is 2.35. The van der Waals surface area contributed by atoms with Gasteiger partial charge in [0.05, 0.1) is 0 Å². The molecule has 0 aliphatic carbocycles. The van der Waals surface area contributed by atoms with Crippen LogP contribution in [0.1, 0.15) is 13.3 Å². The lowest BCUT2D eigenvalue weighted by atomic mass is 10.3. The maximum atomic E-state index is 11.7. The number of benzene rings is 1. The summed E-state index contributed by atoms with van der Waals surface area (Å²) in [4.78, 5) is 22.5. The van der Waals surface area contributed by atoms with Crippen molar-refractivity contribution >= 4 is 40.0 Å². The largest absolute Gasteiger partial charge is 0.480 e. The average molecular weight is 304 g/mol. The van der Waals surface area contributed by atoms with E-state index in [1.165, 1.54) is 0 Å². The first-order valence-electron chi connectivity index (χ1n) is 5.59. The van der Waals surface area contributed by atoms with E-state index >= 15 is 0 Å². The second-order valence-corrected chi connectivity index (χ2v) is 5.87. The van der Waals surface area contributed by atoms with Crippen molar-refractivity contribution in [1.82, 2.24) is 0 Å². The molecular formula is C12H14ClNO4S. The SMILES string of the molecule is CCC(C(=O)O)S(=O)CC(=O)Nc1cccc(Cl)c1. The van der Waals surface area contributed by atoms with Gasteiger partial charge in [0.2, 0.25) is 5.91 Å². The van der Waals surface area contributed by atoms with Crippen LogP contribution in [-0.4, -0.2) is 32.2 Å². The zero-order valence-electron chi connectivity index (χ0n) is 10.3. The van der Waals surface area contributed by atoms with Crippen molar-refractivity contribution in [2.45, 2.75) is 18.6 Å². The van der Waals surface area contributed by atoms with Crippen molar-refractivity contribution in [1.29, 1.82) is 0 Å². The second kappa shape index (κ2) is 7.25. The second-order valence-electron chi connectivity index (χ2n) is 3.82. The van der Waals surface area contributed by atoms with Crippen LogP contribution in [0.25, 0.3) is 0 Å². The lowest BCUT2D eigenvalue weighted by molar-refractivity contribution is -0.136. The first-order chi connectivity index (χ1) is 8.93. The third kappa shape index (κ3) is 5.00. The van der Waals surface area contributed by atoms with Gasteiger partial charge in [-0.25, -0.2) is 0 Å². The Balaban J connectivity index is 2.60. The Morgan fingerprint density at radius 2 is 2.16 bits per heavy atom. The average Bonchev–Trinajstić information content (AvgIpc) is 2.28. The molecular weight excluding hydrogens is 290 g/mol. The van der Waals surface area contributed by atoms with Gasteiger partial charge in [0.25, 0.3) is 0 Å². The molecule has 5 nitrogen and oxygen atoms in total. The van der Waals surface area contributed by atoms with Crippen LogP contribution in [0.5, 0.6) is 0 Å². The van der Waals surface area contributed by atoms with Crippen molar-refractivity contribution in [3.8, 4) is 0 Å². The van der Waals surface area contributed by atoms with Crippen LogP contribution < -0.4 is 5.32 Å². The Bertz CT molecular complexity index is 506. The van der Waals surface area contributed by atoms with Gasteiger partial charge in [-0.1, -0.05) is 24.6 Å². The number of halogens is 1. The lowest BCUT2D eigenvalue weighted by Crippen LogP contribution is -2.31. The summed E-state index contributed by atoms with van der Waals surface area (Å²) in [6.45, 7) is 1.62. The summed E-state index contributed by atoms with van der Waals surface area (Å²) >= 11 is 5.76. The molecule has 0 aliphatic rings. The molecule has 104 valence electrons. The third-order valence-corrected chi connectivity index (χ3v) is 4.30. The number of aliphatic carboxylic acids is 1. The van der Waals surface area contributed by atoms with Gasteiger partial charge < -0.3 is 10.4 Å². The Hall–Kier alpha value is -1.40. The molecule has 0 radical (unpaired) electrons. The van der Waals surface area contributed by atoms with E-state index in [9.17, 15) is 13.8 Å². The summed E-state index contributed by atoms with van der Waals surface area (Å²) in [5.41, 5.74) is 0.484. The fourth-order valence-electron chi connectivity index (χ4n) is 1.47. The number of rotatable bonds is 6. The van der Waals surface area contributed by atoms with Crippen LogP contribution in [0, 0.1) is 0 Å². The molecule has 0 saturated carbocycles. The first-order valence-corrected chi connectivity index (χ1v) is 7.35. The lowest BCUT2D eigenvalue weighted by Gasteiger charge is -2.10. The number of hydrogen-bond acceptors (Lipinski definition) is 3. The highest BCUT2D eigenvalue weighted by Gasteiger charge is 2.24. The molecule has 0 saturated heterocycles. The summed E-state index contributed by atoms with van der Waals surface area (Å²) < 4.78 is 11.7. The van der Waals surface area contributed by atoms with Crippen LogP contribution in [-0.2, 0) is 20.4 Å². The molecule has 2 atom stereocenters. The Morgan fingerprint density at radius 1 is 1.47 bits per heavy atom. The van der Waals surface area contributed by atoms with Gasteiger partial charge in [0, 0.05) is 21.5 Å². The number of amides is 1. The van der Waals surface area contributed by atoms with E-state index < -0.39 is 27.9 Å². The van der Waals surface area contributed by atoms with Gasteiger partial charge in [0.15, 0.2) is 0 Å². The number of carboxylic acid groups (broad SMARTS) is 1. The fraction of sp³-hybridized carbons (Fsp3) is 0.333. The van der Waals surface area contributed by atoms with Gasteiger partial charge in [0.1, 0.15) is 11.0 Å². The molecule has 2 unspecified atom stereocenters. The molecule has 2 N–H and O–H groups in total. The van der Waals surface area contributed by atoms with Crippen molar-refractivity contribution in [2.75, 3.05) is 11.1 Å². The molecule has 1 amide bonds. The highest BCUT2D eigenvalue weighted by Crippen LogP contribution is 2.15. The van der Waals surface area contributed by atoms with E-state index in [0.29, 0.717) is 10.7 Å². The van der Waals surface area contributed by atoms with Gasteiger partial charge in [-0.2, -0.15) is 0 Å². The van der Waals surface area contributed by atoms with Crippen LogP contribution in [0.2, 0.25) is 5.02 Å². The molecule has 1 aromatic carbocycles. The number of nitrogens with one attached hydrogen (secondary N) is 1. The predicted octanol–water partition coefficient (Wildman–Crippen LogP) is 1.89. The molecule has 1 rings (SSSR count). The first kappa shape index (κ1) is 15.7. The van der Waals surface area contributed by atoms with E-state index in [2.05, 4.69) is 5.32 Å². The molecule has 7 heteroatoms. The number of carboxylic acids is 1. The van der Waals surface area contributed by atoms with E-state index in [1.807, 2.05) is 0 Å². The summed E-state index contributed by atoms with van der Waals surface area (Å²) in [7, 11) is -1.74. The summed E-state index contributed by atoms with van der Waals surface area (Å²) in [6.07, 6.45) is 0.215. The Labute approximate surface area is 118 Å². The van der Waals surface area contributed by atoms with Crippen molar-refractivity contribution in [3.63, 3.8) is 0 Å². The molecule has 0 bridgehead atoms. The van der Waals surface area contributed by atoms with Gasteiger partial charge in [-0.05, 0) is 24.6 Å². The molecule has 19 heavy (non-hydrogen) atoms. The van der Waals surface area contributed by atoms with Crippen LogP contribution in [0.4, 0.5) is 5.69 Å². The number of carbonyl (C=O) groups excluding carboxylic acids is 1. The molecule has 0 heterocycles. The Morgan fingerprint density at radius 3 is 2.68 bits per heavy atom. The van der Waals surface area contributed by atoms with Crippen molar-refractivity contribution in [2.24, 2.45) is 0 Å². The van der Waals surface area contributed by atoms with E-state index in [1.54, 1.807) is 31.2 Å². The van der Waals surface area contributed by atoms with Gasteiger partial charge in [-0.3, -0.25) is 13.8 Å². The topological polar surface area (TPSA) is 83.5 Å². The summed E-state index contributed by atoms with van der Waals surface area (Å²) in [5.74, 6) is -2.01. The molecule has 1 aromatic rings. The highest BCUT2D eigenvalue weighted by atomic mass is 35.5. The van der Waals surface area contributed by atoms with Crippen molar-refractivity contribution < 1.29 is 18.9 Å². The Kier molecular flexibility index (Phi) is 5.98. The number of carbonyl (C=O) groups is 2. The monoisotopic (exact) mass is 303 g/mol. The standard InChI is InChI=1S/C12H14ClNO4S/c1-2-10(12(16)17)19(18)7-11(15)14-9-5-3-4-8(13)6-9/h3-6,10H,2,7H2,1H3,(H,14,15)(H,16,17). The summed E-state index contributed by atoms with van der Waals surface area (Å²) in [5, 5.41) is 10.8. The maximum Gasteiger partial charge on any atom is 0.319 e. The predicted molar refractivity (Wildman–Crippen MR) is 74.8 cm³/mol. The molecule has 0 aromatic heterocycles. The summed E-state index contributed by atoms with van der Waals surface area (Å²) in [6, 6.07) is 6.52. The smallest absolute Gasteiger partial charge is 0.319 e. The van der Waals surface area contributed by atoms with E-state index in [0.717, 1.165) is 0 Å². The number of anilines is 1. The van der Waals surface area contributed by atoms with E-state index in [4.69, 9.17) is 16.7 Å². The quantitative estimate of drug-likeness (QED) is 0.840. The highest BCUT2D eigenvalue weighted by molar-refractivity contribution is 7.87. The van der Waals surface area contributed by atoms with Gasteiger partial charge >= 0.3 is 5.97 Å². The van der Waals surface area contributed by atoms with Crippen LogP contribution >= 0.6 is 11.6 Å². The van der Waals surface area contributed by atoms with Crippen molar-refractivity contribution in [3.05, 3.63) is 29.3 Å². The minimum absolute atomic E-state index is 0.215. The van der Waals surface area contributed by atoms with E-state index in [-0.39, 0.29) is 12.2 Å². The fourth-order valence-corrected chi connectivity index (χ4v) is 2.78. The van der Waals surface area contributed by atoms with Crippen LogP contribution in [0.3, 0.4) is 0 Å². The van der Waals surface area contributed by atoms with Gasteiger partial charge in [-0.15, -0.1) is 0 Å². The molecule has 0 fully saturated rings. The molecule has 0 aliphatic heterocycles. The zero-order chi connectivity index (χ0) is 14.4. The number of hydrogen-bond donors (Lipinski definition) is 2. The molecule has 0 spiro atoms. The minimum atomic E-state index is -1.74.